The second-order valence-corrected chi connectivity index (χ2v) is 5.53. The smallest absolute Gasteiger partial charge is 0.253 e. The number of fused-ring (bicyclic) bond motifs is 1. The van der Waals surface area contributed by atoms with Crippen molar-refractivity contribution in [2.45, 2.75) is 32.1 Å². The zero-order chi connectivity index (χ0) is 13.2. The van der Waals surface area contributed by atoms with Crippen LogP contribution in [0.4, 0.5) is 0 Å². The highest BCUT2D eigenvalue weighted by Gasteiger charge is 2.24. The van der Waals surface area contributed by atoms with Gasteiger partial charge in [-0.2, -0.15) is 5.26 Å². The molecule has 3 rings (SSSR count). The molecule has 0 N–H and O–H groups in total. The van der Waals surface area contributed by atoms with Gasteiger partial charge in [0.2, 0.25) is 0 Å². The maximum absolute atomic E-state index is 12.4. The van der Waals surface area contributed by atoms with Gasteiger partial charge in [0, 0.05) is 24.6 Å². The van der Waals surface area contributed by atoms with Crippen LogP contribution in [0.25, 0.3) is 0 Å². The highest BCUT2D eigenvalue weighted by molar-refractivity contribution is 5.94. The Morgan fingerprint density at radius 3 is 2.68 bits per heavy atom. The first-order chi connectivity index (χ1) is 9.28. The summed E-state index contributed by atoms with van der Waals surface area (Å²) in [5, 5.41) is 8.89. The summed E-state index contributed by atoms with van der Waals surface area (Å²) in [6.07, 6.45) is 5.09. The molecule has 1 saturated heterocycles. The lowest BCUT2D eigenvalue weighted by Gasteiger charge is -2.29. The van der Waals surface area contributed by atoms with Crippen molar-refractivity contribution in [3.63, 3.8) is 0 Å². The number of amides is 1. The van der Waals surface area contributed by atoms with Gasteiger partial charge in [-0.25, -0.2) is 0 Å². The average Bonchev–Trinajstić information content (AvgIpc) is 2.94. The van der Waals surface area contributed by atoms with Gasteiger partial charge in [0.1, 0.15) is 0 Å². The Morgan fingerprint density at radius 1 is 1.21 bits per heavy atom. The van der Waals surface area contributed by atoms with E-state index in [2.05, 4.69) is 18.2 Å². The Balaban J connectivity index is 1.73. The molecule has 0 atom stereocenters. The molecule has 1 aliphatic carbocycles. The van der Waals surface area contributed by atoms with Crippen LogP contribution in [-0.4, -0.2) is 23.9 Å². The maximum atomic E-state index is 12.4. The van der Waals surface area contributed by atoms with Crippen molar-refractivity contribution in [3.8, 4) is 6.07 Å². The molecule has 19 heavy (non-hydrogen) atoms. The summed E-state index contributed by atoms with van der Waals surface area (Å²) in [7, 11) is 0. The Bertz CT molecular complexity index is 536. The number of carbonyl (C=O) groups is 1. The minimum absolute atomic E-state index is 0.129. The van der Waals surface area contributed by atoms with E-state index in [0.717, 1.165) is 31.2 Å². The first-order valence-corrected chi connectivity index (χ1v) is 7.08. The Hall–Kier alpha value is -1.82. The van der Waals surface area contributed by atoms with Gasteiger partial charge in [0.05, 0.1) is 6.07 Å². The Kier molecular flexibility index (Phi) is 3.25. The number of benzene rings is 1. The maximum Gasteiger partial charge on any atom is 0.253 e. The molecule has 3 nitrogen and oxygen atoms in total. The number of rotatable bonds is 1. The normalized spacial score (nSPS) is 19.0. The first kappa shape index (κ1) is 12.2. The van der Waals surface area contributed by atoms with E-state index >= 15 is 0 Å². The van der Waals surface area contributed by atoms with Gasteiger partial charge in [0.15, 0.2) is 0 Å². The van der Waals surface area contributed by atoms with Gasteiger partial charge >= 0.3 is 0 Å². The first-order valence-electron chi connectivity index (χ1n) is 7.08. The van der Waals surface area contributed by atoms with Crippen molar-refractivity contribution >= 4 is 5.91 Å². The highest BCUT2D eigenvalue weighted by atomic mass is 16.2. The number of piperidine rings is 1. The van der Waals surface area contributed by atoms with Gasteiger partial charge in [-0.1, -0.05) is 6.07 Å². The third-order valence-electron chi connectivity index (χ3n) is 4.31. The summed E-state index contributed by atoms with van der Waals surface area (Å²) < 4.78 is 0. The molecule has 0 aromatic heterocycles. The van der Waals surface area contributed by atoms with Gasteiger partial charge in [-0.05, 0) is 55.4 Å². The van der Waals surface area contributed by atoms with Crippen molar-refractivity contribution in [1.29, 1.82) is 5.26 Å². The molecule has 0 radical (unpaired) electrons. The van der Waals surface area contributed by atoms with E-state index < -0.39 is 0 Å². The minimum Gasteiger partial charge on any atom is -0.339 e. The van der Waals surface area contributed by atoms with Crippen molar-refractivity contribution < 1.29 is 4.79 Å². The van der Waals surface area contributed by atoms with Crippen molar-refractivity contribution in [3.05, 3.63) is 34.9 Å². The lowest BCUT2D eigenvalue weighted by molar-refractivity contribution is 0.0707. The quantitative estimate of drug-likeness (QED) is 0.773. The van der Waals surface area contributed by atoms with Crippen LogP contribution in [0.5, 0.6) is 0 Å². The lowest BCUT2D eigenvalue weighted by atomic mass is 9.97. The van der Waals surface area contributed by atoms with E-state index in [9.17, 15) is 4.79 Å². The number of carbonyl (C=O) groups excluding carboxylic acids is 1. The average molecular weight is 254 g/mol. The van der Waals surface area contributed by atoms with Crippen molar-refractivity contribution in [1.82, 2.24) is 4.90 Å². The van der Waals surface area contributed by atoms with Gasteiger partial charge in [-0.15, -0.1) is 0 Å². The molecule has 0 spiro atoms. The molecule has 1 heterocycles. The fraction of sp³-hybridized carbons (Fsp3) is 0.500. The molecular weight excluding hydrogens is 236 g/mol. The predicted octanol–water partition coefficient (Wildman–Crippen LogP) is 2.55. The van der Waals surface area contributed by atoms with E-state index in [4.69, 9.17) is 5.26 Å². The molecule has 1 aliphatic heterocycles. The molecule has 2 aliphatic rings. The molecule has 0 bridgehead atoms. The second kappa shape index (κ2) is 5.05. The number of likely N-dealkylation sites (tertiary alicyclic amines) is 1. The molecule has 1 aromatic rings. The van der Waals surface area contributed by atoms with Crippen LogP contribution < -0.4 is 0 Å². The molecule has 1 aromatic carbocycles. The van der Waals surface area contributed by atoms with Crippen LogP contribution in [0.15, 0.2) is 18.2 Å². The fourth-order valence-electron chi connectivity index (χ4n) is 3.10. The standard InChI is InChI=1S/C16H18N2O/c17-11-12-6-8-18(9-7-12)16(19)15-5-4-13-2-1-3-14(13)10-15/h4-5,10,12H,1-3,6-9H2. The highest BCUT2D eigenvalue weighted by Crippen LogP contribution is 2.24. The van der Waals surface area contributed by atoms with Crippen LogP contribution in [0.3, 0.4) is 0 Å². The van der Waals surface area contributed by atoms with Gasteiger partial charge in [-0.3, -0.25) is 4.79 Å². The second-order valence-electron chi connectivity index (χ2n) is 5.53. The molecule has 1 amide bonds. The van der Waals surface area contributed by atoms with Crippen LogP contribution in [0.2, 0.25) is 0 Å². The summed E-state index contributed by atoms with van der Waals surface area (Å²) in [4.78, 5) is 14.3. The van der Waals surface area contributed by atoms with Crippen LogP contribution in [0, 0.1) is 17.2 Å². The number of nitriles is 1. The summed E-state index contributed by atoms with van der Waals surface area (Å²) in [6, 6.07) is 8.44. The summed E-state index contributed by atoms with van der Waals surface area (Å²) in [5.41, 5.74) is 3.56. The van der Waals surface area contributed by atoms with E-state index in [-0.39, 0.29) is 11.8 Å². The summed E-state index contributed by atoms with van der Waals surface area (Å²) >= 11 is 0. The molecular formula is C16H18N2O. The predicted molar refractivity (Wildman–Crippen MR) is 72.7 cm³/mol. The SMILES string of the molecule is N#CC1CCN(C(=O)c2ccc3c(c2)CCC3)CC1. The van der Waals surface area contributed by atoms with Crippen molar-refractivity contribution in [2.75, 3.05) is 13.1 Å². The van der Waals surface area contributed by atoms with E-state index in [1.807, 2.05) is 11.0 Å². The number of aryl methyl sites for hydroxylation is 2. The van der Waals surface area contributed by atoms with Crippen LogP contribution >= 0.6 is 0 Å². The van der Waals surface area contributed by atoms with E-state index in [1.54, 1.807) is 0 Å². The van der Waals surface area contributed by atoms with Gasteiger partial charge < -0.3 is 4.90 Å². The molecule has 0 saturated carbocycles. The topological polar surface area (TPSA) is 44.1 Å². The third-order valence-corrected chi connectivity index (χ3v) is 4.31. The summed E-state index contributed by atoms with van der Waals surface area (Å²) in [5.74, 6) is 0.259. The number of hydrogen-bond donors (Lipinski definition) is 0. The number of nitrogens with zero attached hydrogens (tertiary/aromatic N) is 2. The zero-order valence-electron chi connectivity index (χ0n) is 11.1. The third kappa shape index (κ3) is 2.35. The van der Waals surface area contributed by atoms with Gasteiger partial charge in [0.25, 0.3) is 5.91 Å². The van der Waals surface area contributed by atoms with E-state index in [0.29, 0.717) is 13.1 Å². The zero-order valence-corrected chi connectivity index (χ0v) is 11.1. The lowest BCUT2D eigenvalue weighted by Crippen LogP contribution is -2.38. The molecule has 98 valence electrons. The molecule has 3 heteroatoms. The minimum atomic E-state index is 0.129. The summed E-state index contributed by atoms with van der Waals surface area (Å²) in [6.45, 7) is 1.43. The van der Waals surface area contributed by atoms with Crippen LogP contribution in [-0.2, 0) is 12.8 Å². The fourth-order valence-corrected chi connectivity index (χ4v) is 3.10. The van der Waals surface area contributed by atoms with Crippen molar-refractivity contribution in [2.24, 2.45) is 5.92 Å². The Labute approximate surface area is 113 Å². The van der Waals surface area contributed by atoms with E-state index in [1.165, 1.54) is 17.5 Å². The Morgan fingerprint density at radius 2 is 1.95 bits per heavy atom. The monoisotopic (exact) mass is 254 g/mol. The largest absolute Gasteiger partial charge is 0.339 e. The number of hydrogen-bond acceptors (Lipinski definition) is 2. The molecule has 1 fully saturated rings. The molecule has 0 unspecified atom stereocenters. The van der Waals surface area contributed by atoms with Crippen LogP contribution in [0.1, 0.15) is 40.7 Å².